The minimum absolute atomic E-state index is 0.0223. The lowest BCUT2D eigenvalue weighted by Gasteiger charge is -2.23. The number of hydrogen-bond acceptors (Lipinski definition) is 5. The molecule has 0 spiro atoms. The maximum absolute atomic E-state index is 11.8. The molecule has 116 valence electrons. The van der Waals surface area contributed by atoms with Crippen molar-refractivity contribution in [2.24, 2.45) is 5.92 Å². The first-order valence-electron chi connectivity index (χ1n) is 7.60. The van der Waals surface area contributed by atoms with Crippen molar-refractivity contribution >= 4 is 5.91 Å². The summed E-state index contributed by atoms with van der Waals surface area (Å²) in [5.74, 6) is 0.663. The molecule has 0 aliphatic carbocycles. The predicted octanol–water partition coefficient (Wildman–Crippen LogP) is -0.0757. The maximum Gasteiger partial charge on any atom is 0.239 e. The van der Waals surface area contributed by atoms with Gasteiger partial charge in [-0.3, -0.25) is 4.79 Å². The summed E-state index contributed by atoms with van der Waals surface area (Å²) in [6.07, 6.45) is 3.05. The molecule has 2 rings (SSSR count). The Bertz CT molecular complexity index is 276. The molecule has 0 aromatic heterocycles. The van der Waals surface area contributed by atoms with Crippen molar-refractivity contribution in [1.82, 2.24) is 10.6 Å². The second-order valence-corrected chi connectivity index (χ2v) is 5.36. The molecular weight excluding hydrogens is 260 g/mol. The van der Waals surface area contributed by atoms with Crippen LogP contribution in [-0.2, 0) is 19.0 Å². The van der Waals surface area contributed by atoms with E-state index in [2.05, 4.69) is 10.6 Å². The van der Waals surface area contributed by atoms with Gasteiger partial charge in [0.2, 0.25) is 5.91 Å². The number of carbonyl (C=O) groups excluding carboxylic acids is 1. The molecular formula is C14H26N2O4. The zero-order valence-electron chi connectivity index (χ0n) is 12.1. The van der Waals surface area contributed by atoms with E-state index < -0.39 is 0 Å². The van der Waals surface area contributed by atoms with Gasteiger partial charge in [-0.15, -0.1) is 0 Å². The summed E-state index contributed by atoms with van der Waals surface area (Å²) in [5.41, 5.74) is 0. The van der Waals surface area contributed by atoms with E-state index in [9.17, 15) is 4.79 Å². The van der Waals surface area contributed by atoms with Gasteiger partial charge in [0.1, 0.15) is 6.04 Å². The van der Waals surface area contributed by atoms with Crippen molar-refractivity contribution < 1.29 is 19.0 Å². The molecule has 2 N–H and O–H groups in total. The summed E-state index contributed by atoms with van der Waals surface area (Å²) in [6.45, 7) is 5.79. The van der Waals surface area contributed by atoms with Crippen molar-refractivity contribution in [1.29, 1.82) is 0 Å². The summed E-state index contributed by atoms with van der Waals surface area (Å²) >= 11 is 0. The molecule has 2 aliphatic rings. The van der Waals surface area contributed by atoms with Crippen LogP contribution >= 0.6 is 0 Å². The average molecular weight is 286 g/mol. The summed E-state index contributed by atoms with van der Waals surface area (Å²) in [5, 5.41) is 6.04. The SMILES string of the molecule is O=C(NCCCOCC1CCOCC1)C1COCCN1. The van der Waals surface area contributed by atoms with E-state index in [0.717, 1.165) is 45.6 Å². The molecule has 1 amide bonds. The van der Waals surface area contributed by atoms with E-state index in [-0.39, 0.29) is 11.9 Å². The zero-order valence-corrected chi connectivity index (χ0v) is 12.1. The molecule has 6 heteroatoms. The molecule has 2 aliphatic heterocycles. The van der Waals surface area contributed by atoms with Crippen LogP contribution < -0.4 is 10.6 Å². The van der Waals surface area contributed by atoms with Gasteiger partial charge in [-0.25, -0.2) is 0 Å². The quantitative estimate of drug-likeness (QED) is 0.641. The molecule has 6 nitrogen and oxygen atoms in total. The van der Waals surface area contributed by atoms with Crippen LogP contribution in [0.5, 0.6) is 0 Å². The van der Waals surface area contributed by atoms with Crippen LogP contribution in [0.1, 0.15) is 19.3 Å². The third-order valence-electron chi connectivity index (χ3n) is 3.70. The van der Waals surface area contributed by atoms with Crippen LogP contribution in [0.15, 0.2) is 0 Å². The molecule has 1 atom stereocenters. The predicted molar refractivity (Wildman–Crippen MR) is 74.6 cm³/mol. The van der Waals surface area contributed by atoms with E-state index in [1.165, 1.54) is 0 Å². The van der Waals surface area contributed by atoms with E-state index in [1.807, 2.05) is 0 Å². The molecule has 2 fully saturated rings. The Morgan fingerprint density at radius 1 is 1.25 bits per heavy atom. The highest BCUT2D eigenvalue weighted by atomic mass is 16.5. The third-order valence-corrected chi connectivity index (χ3v) is 3.70. The summed E-state index contributed by atoms with van der Waals surface area (Å²) in [6, 6.07) is -0.202. The normalized spacial score (nSPS) is 24.5. The van der Waals surface area contributed by atoms with Crippen LogP contribution in [0.2, 0.25) is 0 Å². The fourth-order valence-electron chi connectivity index (χ4n) is 2.41. The number of rotatable bonds is 7. The molecule has 2 heterocycles. The van der Waals surface area contributed by atoms with Crippen molar-refractivity contribution in [3.8, 4) is 0 Å². The number of ether oxygens (including phenoxy) is 3. The van der Waals surface area contributed by atoms with E-state index in [1.54, 1.807) is 0 Å². The van der Waals surface area contributed by atoms with Crippen LogP contribution in [0.4, 0.5) is 0 Å². The average Bonchev–Trinajstić information content (AvgIpc) is 2.52. The fraction of sp³-hybridized carbons (Fsp3) is 0.929. The second-order valence-electron chi connectivity index (χ2n) is 5.36. The van der Waals surface area contributed by atoms with Gasteiger partial charge < -0.3 is 24.8 Å². The Balaban J connectivity index is 1.43. The number of morpholine rings is 1. The number of amides is 1. The van der Waals surface area contributed by atoms with Gasteiger partial charge in [-0.2, -0.15) is 0 Å². The standard InChI is InChI=1S/C14H26N2O4/c17-14(13-11-20-9-5-15-13)16-4-1-6-19-10-12-2-7-18-8-3-12/h12-13,15H,1-11H2,(H,16,17). The van der Waals surface area contributed by atoms with Gasteiger partial charge >= 0.3 is 0 Å². The van der Waals surface area contributed by atoms with Crippen molar-refractivity contribution in [2.75, 3.05) is 52.7 Å². The second kappa shape index (κ2) is 9.28. The monoisotopic (exact) mass is 286 g/mol. The highest BCUT2D eigenvalue weighted by Crippen LogP contribution is 2.14. The Labute approximate surface area is 120 Å². The largest absolute Gasteiger partial charge is 0.381 e. The minimum Gasteiger partial charge on any atom is -0.381 e. The Kier molecular flexibility index (Phi) is 7.28. The number of carbonyl (C=O) groups is 1. The smallest absolute Gasteiger partial charge is 0.239 e. The number of hydrogen-bond donors (Lipinski definition) is 2. The Morgan fingerprint density at radius 3 is 2.85 bits per heavy atom. The van der Waals surface area contributed by atoms with Gasteiger partial charge in [0.15, 0.2) is 0 Å². The molecule has 0 radical (unpaired) electrons. The van der Waals surface area contributed by atoms with Crippen molar-refractivity contribution in [3.05, 3.63) is 0 Å². The topological polar surface area (TPSA) is 68.8 Å². The minimum atomic E-state index is -0.202. The Morgan fingerprint density at radius 2 is 2.10 bits per heavy atom. The fourth-order valence-corrected chi connectivity index (χ4v) is 2.41. The highest BCUT2D eigenvalue weighted by molar-refractivity contribution is 5.81. The lowest BCUT2D eigenvalue weighted by Crippen LogP contribution is -2.51. The van der Waals surface area contributed by atoms with Gasteiger partial charge in [-0.1, -0.05) is 0 Å². The van der Waals surface area contributed by atoms with Gasteiger partial charge in [0, 0.05) is 39.5 Å². The molecule has 0 saturated carbocycles. The number of nitrogens with one attached hydrogen (secondary N) is 2. The lowest BCUT2D eigenvalue weighted by molar-refractivity contribution is -0.125. The van der Waals surface area contributed by atoms with Crippen LogP contribution in [0, 0.1) is 5.92 Å². The van der Waals surface area contributed by atoms with E-state index in [4.69, 9.17) is 14.2 Å². The van der Waals surface area contributed by atoms with Crippen molar-refractivity contribution in [3.63, 3.8) is 0 Å². The van der Waals surface area contributed by atoms with E-state index in [0.29, 0.717) is 32.3 Å². The molecule has 0 aromatic carbocycles. The van der Waals surface area contributed by atoms with Gasteiger partial charge in [0.25, 0.3) is 0 Å². The van der Waals surface area contributed by atoms with Crippen molar-refractivity contribution in [2.45, 2.75) is 25.3 Å². The van der Waals surface area contributed by atoms with Crippen LogP contribution in [0.25, 0.3) is 0 Å². The highest BCUT2D eigenvalue weighted by Gasteiger charge is 2.20. The summed E-state index contributed by atoms with van der Waals surface area (Å²) < 4.78 is 16.2. The molecule has 0 bridgehead atoms. The molecule has 2 saturated heterocycles. The summed E-state index contributed by atoms with van der Waals surface area (Å²) in [7, 11) is 0. The van der Waals surface area contributed by atoms with Crippen LogP contribution in [0.3, 0.4) is 0 Å². The first-order chi connectivity index (χ1) is 9.86. The maximum atomic E-state index is 11.8. The third kappa shape index (κ3) is 5.75. The first kappa shape index (κ1) is 15.7. The van der Waals surface area contributed by atoms with Gasteiger partial charge in [0.05, 0.1) is 13.2 Å². The lowest BCUT2D eigenvalue weighted by atomic mass is 10.0. The van der Waals surface area contributed by atoms with Crippen LogP contribution in [-0.4, -0.2) is 64.7 Å². The van der Waals surface area contributed by atoms with Gasteiger partial charge in [-0.05, 0) is 25.2 Å². The summed E-state index contributed by atoms with van der Waals surface area (Å²) in [4.78, 5) is 11.8. The molecule has 0 aromatic rings. The molecule has 1 unspecified atom stereocenters. The Hall–Kier alpha value is -0.690. The first-order valence-corrected chi connectivity index (χ1v) is 7.60. The zero-order chi connectivity index (χ0) is 14.0. The molecule has 20 heavy (non-hydrogen) atoms. The van der Waals surface area contributed by atoms with E-state index >= 15 is 0 Å².